The minimum atomic E-state index is 0. The maximum Gasteiger partial charge on any atom is 0.227 e. The second kappa shape index (κ2) is 13.3. The first-order chi connectivity index (χ1) is 16.8. The average Bonchev–Trinajstić information content (AvgIpc) is 2.87. The first kappa shape index (κ1) is 29.9. The molecule has 3 aromatic rings. The molecule has 0 spiro atoms. The topological polar surface area (TPSA) is 106 Å². The van der Waals surface area contributed by atoms with E-state index in [4.69, 9.17) is 21.3 Å². The number of halogens is 2. The van der Waals surface area contributed by atoms with E-state index >= 15 is 0 Å². The third-order valence-corrected chi connectivity index (χ3v) is 6.53. The Hall–Kier alpha value is -3.29. The number of benzene rings is 3. The Labute approximate surface area is 230 Å². The minimum absolute atomic E-state index is 0. The Morgan fingerprint density at radius 2 is 1.65 bits per heavy atom. The maximum absolute atomic E-state index is 12.8. The number of carbonyl (C=O) groups is 1. The number of carbonyl (C=O) groups excluding carboxylic acids is 1. The number of amidine groups is 2. The normalized spacial score (nSPS) is 13.3. The lowest BCUT2D eigenvalue weighted by Gasteiger charge is -2.33. The number of amides is 1. The number of nitrogen functional groups attached to an aromatic ring is 1. The van der Waals surface area contributed by atoms with E-state index in [0.29, 0.717) is 24.4 Å². The van der Waals surface area contributed by atoms with E-state index in [1.165, 1.54) is 0 Å². The second-order valence-electron chi connectivity index (χ2n) is 9.03. The molecule has 7 nitrogen and oxygen atoms in total. The van der Waals surface area contributed by atoms with Crippen LogP contribution < -0.4 is 15.4 Å². The van der Waals surface area contributed by atoms with E-state index in [9.17, 15) is 4.79 Å². The van der Waals surface area contributed by atoms with Crippen LogP contribution in [0.3, 0.4) is 0 Å². The third-order valence-electron chi connectivity index (χ3n) is 6.53. The summed E-state index contributed by atoms with van der Waals surface area (Å²) >= 11 is 0. The molecule has 1 aliphatic rings. The summed E-state index contributed by atoms with van der Waals surface area (Å²) in [5.74, 6) is 1.49. The number of nitrogens with one attached hydrogen (secondary N) is 2. The van der Waals surface area contributed by atoms with Crippen LogP contribution >= 0.6 is 24.8 Å². The van der Waals surface area contributed by atoms with Crippen molar-refractivity contribution in [2.45, 2.75) is 45.8 Å². The van der Waals surface area contributed by atoms with Gasteiger partial charge in [0.15, 0.2) is 0 Å². The Bertz CT molecular complexity index is 1240. The molecule has 9 heteroatoms. The molecule has 198 valence electrons. The van der Waals surface area contributed by atoms with Gasteiger partial charge in [0.2, 0.25) is 5.91 Å². The molecule has 0 atom stereocenters. The summed E-state index contributed by atoms with van der Waals surface area (Å²) in [7, 11) is 0. The third kappa shape index (κ3) is 7.37. The SMILES string of the molecule is CCC(=O)N(Cc1ccc2ccc(C(=N)N)cc2c1)c1ccc(OC2CCN(C(C)=N)CC2)cc1.Cl.Cl. The predicted molar refractivity (Wildman–Crippen MR) is 156 cm³/mol. The molecule has 1 saturated heterocycles. The fraction of sp³-hybridized carbons (Fsp3) is 0.321. The number of anilines is 1. The standard InChI is InChI=1S/C28H33N5O2.2ClH/c1-3-27(34)33(18-20-4-5-21-6-7-22(28(30)31)17-23(21)16-20)24-8-10-25(11-9-24)35-26-12-14-32(15-13-26)19(2)29;;/h4-11,16-17,26,29H,3,12-15,18H2,1-2H3,(H3,30,31);2*1H. The highest BCUT2D eigenvalue weighted by molar-refractivity contribution is 5.99. The molecule has 0 bridgehead atoms. The Morgan fingerprint density at radius 3 is 2.24 bits per heavy atom. The zero-order chi connectivity index (χ0) is 24.9. The summed E-state index contributed by atoms with van der Waals surface area (Å²) in [4.78, 5) is 16.7. The summed E-state index contributed by atoms with van der Waals surface area (Å²) in [6, 6.07) is 19.6. The summed E-state index contributed by atoms with van der Waals surface area (Å²) < 4.78 is 6.17. The van der Waals surface area contributed by atoms with Gasteiger partial charge in [-0.25, -0.2) is 0 Å². The van der Waals surface area contributed by atoms with Gasteiger partial charge in [0, 0.05) is 43.6 Å². The number of piperidine rings is 1. The van der Waals surface area contributed by atoms with Crippen molar-refractivity contribution in [2.75, 3.05) is 18.0 Å². The second-order valence-corrected chi connectivity index (χ2v) is 9.03. The molecule has 0 aromatic heterocycles. The summed E-state index contributed by atoms with van der Waals surface area (Å²) in [5, 5.41) is 17.5. The quantitative estimate of drug-likeness (QED) is 0.260. The van der Waals surface area contributed by atoms with Gasteiger partial charge in [-0.2, -0.15) is 0 Å². The van der Waals surface area contributed by atoms with E-state index in [1.807, 2.05) is 68.4 Å². The number of hydrogen-bond acceptors (Lipinski definition) is 4. The van der Waals surface area contributed by atoms with Crippen molar-refractivity contribution in [3.05, 3.63) is 71.8 Å². The Balaban J connectivity index is 0.00000241. The van der Waals surface area contributed by atoms with Gasteiger partial charge in [-0.1, -0.05) is 31.2 Å². The molecular formula is C28H35Cl2N5O2. The molecule has 1 heterocycles. The highest BCUT2D eigenvalue weighted by Gasteiger charge is 2.21. The fourth-order valence-corrected chi connectivity index (χ4v) is 4.47. The van der Waals surface area contributed by atoms with Crippen molar-refractivity contribution in [3.63, 3.8) is 0 Å². The van der Waals surface area contributed by atoms with Crippen LogP contribution in [-0.4, -0.2) is 41.7 Å². The van der Waals surface area contributed by atoms with Gasteiger partial charge in [0.05, 0.1) is 12.4 Å². The fourth-order valence-electron chi connectivity index (χ4n) is 4.47. The molecule has 1 amide bonds. The largest absolute Gasteiger partial charge is 0.490 e. The van der Waals surface area contributed by atoms with E-state index in [0.717, 1.165) is 53.7 Å². The van der Waals surface area contributed by atoms with Crippen LogP contribution in [0.15, 0.2) is 60.7 Å². The monoisotopic (exact) mass is 543 g/mol. The number of ether oxygens (including phenoxy) is 1. The Morgan fingerprint density at radius 1 is 1.00 bits per heavy atom. The average molecular weight is 545 g/mol. The van der Waals surface area contributed by atoms with Crippen LogP contribution in [0, 0.1) is 10.8 Å². The lowest BCUT2D eigenvalue weighted by Crippen LogP contribution is -2.40. The van der Waals surface area contributed by atoms with E-state index < -0.39 is 0 Å². The number of likely N-dealkylation sites (tertiary alicyclic amines) is 1. The molecule has 4 rings (SSSR count). The van der Waals surface area contributed by atoms with Crippen molar-refractivity contribution < 1.29 is 9.53 Å². The molecular weight excluding hydrogens is 509 g/mol. The van der Waals surface area contributed by atoms with Gasteiger partial charge in [-0.3, -0.25) is 15.6 Å². The summed E-state index contributed by atoms with van der Waals surface area (Å²) in [5.41, 5.74) is 8.18. The van der Waals surface area contributed by atoms with E-state index in [1.54, 1.807) is 4.90 Å². The Kier molecular flexibility index (Phi) is 10.8. The van der Waals surface area contributed by atoms with Crippen molar-refractivity contribution in [1.82, 2.24) is 4.90 Å². The van der Waals surface area contributed by atoms with Crippen LogP contribution in [0.5, 0.6) is 5.75 Å². The summed E-state index contributed by atoms with van der Waals surface area (Å²) in [6.45, 7) is 5.83. The number of fused-ring (bicyclic) bond motifs is 1. The van der Waals surface area contributed by atoms with Gasteiger partial charge in [0.25, 0.3) is 0 Å². The lowest BCUT2D eigenvalue weighted by molar-refractivity contribution is -0.118. The highest BCUT2D eigenvalue weighted by atomic mass is 35.5. The molecule has 1 aliphatic heterocycles. The van der Waals surface area contributed by atoms with Gasteiger partial charge >= 0.3 is 0 Å². The van der Waals surface area contributed by atoms with Crippen LogP contribution in [0.1, 0.15) is 44.2 Å². The minimum Gasteiger partial charge on any atom is -0.490 e. The smallest absolute Gasteiger partial charge is 0.227 e. The molecule has 37 heavy (non-hydrogen) atoms. The predicted octanol–water partition coefficient (Wildman–Crippen LogP) is 5.75. The molecule has 4 N–H and O–H groups in total. The molecule has 0 radical (unpaired) electrons. The van der Waals surface area contributed by atoms with Gasteiger partial charge in [-0.15, -0.1) is 24.8 Å². The zero-order valence-electron chi connectivity index (χ0n) is 21.2. The lowest BCUT2D eigenvalue weighted by atomic mass is 10.0. The number of nitrogens with zero attached hydrogens (tertiary/aromatic N) is 2. The van der Waals surface area contributed by atoms with E-state index in [2.05, 4.69) is 11.0 Å². The first-order valence-corrected chi connectivity index (χ1v) is 12.1. The van der Waals surface area contributed by atoms with Crippen LogP contribution in [0.25, 0.3) is 10.8 Å². The highest BCUT2D eigenvalue weighted by Crippen LogP contribution is 2.26. The first-order valence-electron chi connectivity index (χ1n) is 12.1. The molecule has 0 saturated carbocycles. The van der Waals surface area contributed by atoms with Crippen molar-refractivity contribution in [1.29, 1.82) is 10.8 Å². The molecule has 0 unspecified atom stereocenters. The number of nitrogens with two attached hydrogens (primary N) is 1. The zero-order valence-corrected chi connectivity index (χ0v) is 22.8. The maximum atomic E-state index is 12.8. The molecule has 1 fully saturated rings. The summed E-state index contributed by atoms with van der Waals surface area (Å²) in [6.07, 6.45) is 2.34. The van der Waals surface area contributed by atoms with Crippen LogP contribution in [-0.2, 0) is 11.3 Å². The van der Waals surface area contributed by atoms with Gasteiger partial charge in [-0.05, 0) is 59.7 Å². The number of hydrogen-bond donors (Lipinski definition) is 3. The van der Waals surface area contributed by atoms with Crippen molar-refractivity contribution >= 4 is 58.9 Å². The molecule has 3 aromatic carbocycles. The van der Waals surface area contributed by atoms with Crippen LogP contribution in [0.4, 0.5) is 5.69 Å². The van der Waals surface area contributed by atoms with Crippen LogP contribution in [0.2, 0.25) is 0 Å². The number of rotatable bonds is 7. The van der Waals surface area contributed by atoms with Gasteiger partial charge < -0.3 is 20.3 Å². The van der Waals surface area contributed by atoms with Gasteiger partial charge in [0.1, 0.15) is 17.7 Å². The van der Waals surface area contributed by atoms with Crippen molar-refractivity contribution in [2.24, 2.45) is 5.73 Å². The molecule has 0 aliphatic carbocycles. The van der Waals surface area contributed by atoms with Crippen molar-refractivity contribution in [3.8, 4) is 5.75 Å². The van der Waals surface area contributed by atoms with E-state index in [-0.39, 0.29) is 42.7 Å².